The van der Waals surface area contributed by atoms with Crippen LogP contribution in [0.3, 0.4) is 0 Å². The smallest absolute Gasteiger partial charge is 0.128 e. The normalized spacial score (nSPS) is 24.8. The molecule has 2 heterocycles. The highest BCUT2D eigenvalue weighted by atomic mass is 79.9. The van der Waals surface area contributed by atoms with Crippen molar-refractivity contribution in [1.82, 2.24) is 14.5 Å². The summed E-state index contributed by atoms with van der Waals surface area (Å²) in [4.78, 5) is 7.41. The zero-order valence-electron chi connectivity index (χ0n) is 12.1. The van der Waals surface area contributed by atoms with Crippen LogP contribution in [0.1, 0.15) is 43.4 Å². The van der Waals surface area contributed by atoms with E-state index in [9.17, 15) is 0 Å². The molecule has 1 saturated carbocycles. The van der Waals surface area contributed by atoms with Gasteiger partial charge < -0.3 is 4.57 Å². The molecule has 5 heteroatoms. The molecule has 112 valence electrons. The largest absolute Gasteiger partial charge is 0.322 e. The average Bonchev–Trinajstić information content (AvgIpc) is 3.06. The van der Waals surface area contributed by atoms with Crippen molar-refractivity contribution in [3.63, 3.8) is 0 Å². The Bertz CT molecular complexity index is 677. The molecular weight excluding hydrogens is 350 g/mol. The average molecular weight is 369 g/mol. The van der Waals surface area contributed by atoms with E-state index in [1.807, 2.05) is 13.0 Å². The first kappa shape index (κ1) is 14.0. The number of benzene rings is 1. The van der Waals surface area contributed by atoms with E-state index >= 15 is 0 Å². The lowest BCUT2D eigenvalue weighted by molar-refractivity contribution is 0.313. The van der Waals surface area contributed by atoms with Gasteiger partial charge in [-0.3, -0.25) is 4.90 Å². The van der Waals surface area contributed by atoms with E-state index in [1.165, 1.54) is 31.3 Å². The summed E-state index contributed by atoms with van der Waals surface area (Å²) in [6.45, 7) is 4.36. The van der Waals surface area contributed by atoms with Crippen molar-refractivity contribution in [3.05, 3.63) is 28.5 Å². The Hall–Kier alpha value is -0.580. The van der Waals surface area contributed by atoms with Crippen molar-refractivity contribution in [2.24, 2.45) is 0 Å². The third-order valence-corrected chi connectivity index (χ3v) is 5.35. The van der Waals surface area contributed by atoms with Crippen molar-refractivity contribution in [2.45, 2.75) is 43.6 Å². The van der Waals surface area contributed by atoms with Crippen molar-refractivity contribution in [1.29, 1.82) is 0 Å². The van der Waals surface area contributed by atoms with Gasteiger partial charge in [0.2, 0.25) is 0 Å². The van der Waals surface area contributed by atoms with Gasteiger partial charge in [0.1, 0.15) is 5.82 Å². The maximum atomic E-state index is 6.40. The molecule has 1 aromatic heterocycles. The molecular formula is C16H19BrClN3. The molecule has 0 spiro atoms. The van der Waals surface area contributed by atoms with Crippen LogP contribution >= 0.6 is 27.5 Å². The summed E-state index contributed by atoms with van der Waals surface area (Å²) in [6, 6.07) is 7.64. The zero-order chi connectivity index (χ0) is 14.6. The highest BCUT2D eigenvalue weighted by Crippen LogP contribution is 2.37. The topological polar surface area (TPSA) is 21.1 Å². The first-order valence-corrected chi connectivity index (χ1v) is 8.92. The van der Waals surface area contributed by atoms with Crippen LogP contribution in [0.4, 0.5) is 0 Å². The fourth-order valence-corrected chi connectivity index (χ4v) is 4.00. The number of hydrogen-bond acceptors (Lipinski definition) is 2. The van der Waals surface area contributed by atoms with Gasteiger partial charge in [0.05, 0.1) is 16.4 Å². The number of aromatic nitrogens is 2. The van der Waals surface area contributed by atoms with Crippen LogP contribution in [0.15, 0.2) is 22.7 Å². The van der Waals surface area contributed by atoms with Gasteiger partial charge >= 0.3 is 0 Å². The van der Waals surface area contributed by atoms with Crippen molar-refractivity contribution in [2.75, 3.05) is 13.1 Å². The van der Waals surface area contributed by atoms with E-state index in [0.717, 1.165) is 28.4 Å². The molecule has 2 aliphatic rings. The predicted octanol–water partition coefficient (Wildman–Crippen LogP) is 4.51. The number of halogens is 2. The van der Waals surface area contributed by atoms with Gasteiger partial charge in [-0.2, -0.15) is 0 Å². The number of alkyl halides is 1. The van der Waals surface area contributed by atoms with Crippen LogP contribution in [0.5, 0.6) is 0 Å². The molecule has 3 nitrogen and oxygen atoms in total. The molecule has 0 amide bonds. The van der Waals surface area contributed by atoms with E-state index in [1.54, 1.807) is 0 Å². The Morgan fingerprint density at radius 1 is 1.29 bits per heavy atom. The maximum Gasteiger partial charge on any atom is 0.128 e. The van der Waals surface area contributed by atoms with Crippen molar-refractivity contribution in [3.8, 4) is 0 Å². The number of fused-ring (bicyclic) bond motifs is 1. The third-order valence-electron chi connectivity index (χ3n) is 4.66. The number of imidazole rings is 1. The minimum Gasteiger partial charge on any atom is -0.322 e. The van der Waals surface area contributed by atoms with Gasteiger partial charge in [-0.05, 0) is 44.4 Å². The molecule has 21 heavy (non-hydrogen) atoms. The lowest BCUT2D eigenvalue weighted by Gasteiger charge is -2.19. The van der Waals surface area contributed by atoms with E-state index < -0.39 is 0 Å². The number of likely N-dealkylation sites (tertiary alicyclic amines) is 1. The Kier molecular flexibility index (Phi) is 3.51. The standard InChI is InChI=1S/C16H19BrClN3/c1-10(18)16-19-14-5-2-11(17)8-15(14)21(16)13-6-7-20(9-13)12-3-4-12/h2,5,8,10,12-13H,3-4,6-7,9H2,1H3. The van der Waals surface area contributed by atoms with Crippen molar-refractivity contribution < 1.29 is 0 Å². The van der Waals surface area contributed by atoms with Gasteiger partial charge in [0.15, 0.2) is 0 Å². The molecule has 0 radical (unpaired) electrons. The molecule has 2 atom stereocenters. The monoisotopic (exact) mass is 367 g/mol. The predicted molar refractivity (Wildman–Crippen MR) is 90.0 cm³/mol. The molecule has 1 aromatic carbocycles. The van der Waals surface area contributed by atoms with Gasteiger partial charge in [-0.15, -0.1) is 11.6 Å². The molecule has 2 unspecified atom stereocenters. The molecule has 1 saturated heterocycles. The zero-order valence-corrected chi connectivity index (χ0v) is 14.4. The van der Waals surface area contributed by atoms with E-state index in [-0.39, 0.29) is 5.38 Å². The second kappa shape index (κ2) is 5.25. The van der Waals surface area contributed by atoms with Crippen LogP contribution in [0, 0.1) is 0 Å². The Labute approximate surface area is 138 Å². The molecule has 2 aromatic rings. The van der Waals surface area contributed by atoms with E-state index in [2.05, 4.69) is 37.5 Å². The Balaban J connectivity index is 1.78. The number of nitrogens with zero attached hydrogens (tertiary/aromatic N) is 3. The van der Waals surface area contributed by atoms with Crippen LogP contribution < -0.4 is 0 Å². The molecule has 1 aliphatic carbocycles. The molecule has 0 N–H and O–H groups in total. The molecule has 2 fully saturated rings. The van der Waals surface area contributed by atoms with E-state index in [4.69, 9.17) is 16.6 Å². The first-order valence-electron chi connectivity index (χ1n) is 7.69. The summed E-state index contributed by atoms with van der Waals surface area (Å²) in [7, 11) is 0. The second-order valence-corrected chi connectivity index (χ2v) is 7.83. The summed E-state index contributed by atoms with van der Waals surface area (Å²) in [5, 5.41) is -0.0637. The number of rotatable bonds is 3. The summed E-state index contributed by atoms with van der Waals surface area (Å²) < 4.78 is 3.49. The fraction of sp³-hybridized carbons (Fsp3) is 0.562. The van der Waals surface area contributed by atoms with Gasteiger partial charge in [-0.25, -0.2) is 4.98 Å². The van der Waals surface area contributed by atoms with E-state index in [0.29, 0.717) is 6.04 Å². The minimum absolute atomic E-state index is 0.0637. The van der Waals surface area contributed by atoms with Crippen LogP contribution in [0.25, 0.3) is 11.0 Å². The van der Waals surface area contributed by atoms with Gasteiger partial charge in [0.25, 0.3) is 0 Å². The number of hydrogen-bond donors (Lipinski definition) is 0. The van der Waals surface area contributed by atoms with Crippen molar-refractivity contribution >= 4 is 38.6 Å². The van der Waals surface area contributed by atoms with Gasteiger partial charge in [-0.1, -0.05) is 15.9 Å². The highest BCUT2D eigenvalue weighted by molar-refractivity contribution is 9.10. The third kappa shape index (κ3) is 2.51. The summed E-state index contributed by atoms with van der Waals surface area (Å²) in [5.41, 5.74) is 2.25. The summed E-state index contributed by atoms with van der Waals surface area (Å²) >= 11 is 9.98. The molecule has 4 rings (SSSR count). The fourth-order valence-electron chi connectivity index (χ4n) is 3.50. The van der Waals surface area contributed by atoms with Crippen LogP contribution in [0.2, 0.25) is 0 Å². The summed E-state index contributed by atoms with van der Waals surface area (Å²) in [6.07, 6.45) is 3.95. The maximum absolute atomic E-state index is 6.40. The Morgan fingerprint density at radius 3 is 2.81 bits per heavy atom. The van der Waals surface area contributed by atoms with Crippen LogP contribution in [-0.4, -0.2) is 33.6 Å². The summed E-state index contributed by atoms with van der Waals surface area (Å²) in [5.74, 6) is 1.01. The lowest BCUT2D eigenvalue weighted by Crippen LogP contribution is -2.24. The lowest BCUT2D eigenvalue weighted by atomic mass is 10.2. The molecule has 0 bridgehead atoms. The first-order chi connectivity index (χ1) is 10.1. The molecule has 1 aliphatic heterocycles. The second-order valence-electron chi connectivity index (χ2n) is 6.26. The quantitative estimate of drug-likeness (QED) is 0.743. The van der Waals surface area contributed by atoms with Gasteiger partial charge in [0, 0.05) is 29.6 Å². The SMILES string of the molecule is CC(Cl)c1nc2ccc(Br)cc2n1C1CCN(C2CC2)C1. The Morgan fingerprint density at radius 2 is 2.10 bits per heavy atom. The minimum atomic E-state index is -0.0637. The highest BCUT2D eigenvalue weighted by Gasteiger charge is 2.36. The van der Waals surface area contributed by atoms with Crippen LogP contribution in [-0.2, 0) is 0 Å².